The van der Waals surface area contributed by atoms with Crippen molar-refractivity contribution in [3.05, 3.63) is 24.3 Å². The van der Waals surface area contributed by atoms with Crippen LogP contribution in [0.1, 0.15) is 19.8 Å². The van der Waals surface area contributed by atoms with E-state index in [2.05, 4.69) is 5.32 Å². The van der Waals surface area contributed by atoms with Crippen LogP contribution in [0.5, 0.6) is 5.75 Å². The Morgan fingerprint density at radius 2 is 1.96 bits per heavy atom. The van der Waals surface area contributed by atoms with Crippen LogP contribution in [-0.2, 0) is 14.4 Å². The van der Waals surface area contributed by atoms with E-state index in [4.69, 9.17) is 10.5 Å². The summed E-state index contributed by atoms with van der Waals surface area (Å²) in [6.45, 7) is 2.25. The van der Waals surface area contributed by atoms with Crippen LogP contribution in [-0.4, -0.2) is 41.3 Å². The summed E-state index contributed by atoms with van der Waals surface area (Å²) in [6, 6.07) is 6.98. The summed E-state index contributed by atoms with van der Waals surface area (Å²) in [7, 11) is 0. The van der Waals surface area contributed by atoms with Gasteiger partial charge in [0.15, 0.2) is 0 Å². The molecule has 0 aromatic heterocycles. The molecule has 7 nitrogen and oxygen atoms in total. The minimum atomic E-state index is -1.60. The largest absolute Gasteiger partial charge is 0.466 e. The molecule has 0 spiro atoms. The number of amides is 3. The number of carbonyl (C=O) groups excluding carboxylic acids is 3. The predicted molar refractivity (Wildman–Crippen MR) is 82.6 cm³/mol. The number of benzene rings is 1. The highest BCUT2D eigenvalue weighted by atomic mass is 16.5. The molecule has 2 aliphatic heterocycles. The van der Waals surface area contributed by atoms with Gasteiger partial charge in [-0.2, -0.15) is 0 Å². The van der Waals surface area contributed by atoms with Gasteiger partial charge in [-0.1, -0.05) is 12.1 Å². The second-order valence-electron chi connectivity index (χ2n) is 6.05. The van der Waals surface area contributed by atoms with Gasteiger partial charge in [0, 0.05) is 19.0 Å². The summed E-state index contributed by atoms with van der Waals surface area (Å²) < 4.78 is 5.73. The molecule has 1 saturated heterocycles. The van der Waals surface area contributed by atoms with Gasteiger partial charge in [-0.05, 0) is 31.9 Å². The summed E-state index contributed by atoms with van der Waals surface area (Å²) in [6.07, 6.45) is 1.02. The number of primary amides is 1. The van der Waals surface area contributed by atoms with Gasteiger partial charge in [0.2, 0.25) is 5.91 Å². The maximum atomic E-state index is 12.8. The molecule has 7 heteroatoms. The van der Waals surface area contributed by atoms with Crippen molar-refractivity contribution in [2.24, 2.45) is 11.7 Å². The zero-order valence-electron chi connectivity index (χ0n) is 12.9. The summed E-state index contributed by atoms with van der Waals surface area (Å²) in [5.41, 5.74) is 4.25. The Morgan fingerprint density at radius 1 is 1.30 bits per heavy atom. The molecule has 23 heavy (non-hydrogen) atoms. The third kappa shape index (κ3) is 2.62. The number of ether oxygens (including phenoxy) is 1. The fourth-order valence-electron chi connectivity index (χ4n) is 2.98. The number of anilines is 1. The first-order chi connectivity index (χ1) is 10.9. The van der Waals surface area contributed by atoms with E-state index in [-0.39, 0.29) is 11.8 Å². The molecule has 3 N–H and O–H groups in total. The second-order valence-corrected chi connectivity index (χ2v) is 6.05. The molecule has 0 saturated carbocycles. The molecule has 2 heterocycles. The van der Waals surface area contributed by atoms with Crippen molar-refractivity contribution < 1.29 is 19.1 Å². The van der Waals surface area contributed by atoms with Gasteiger partial charge in [0.25, 0.3) is 17.4 Å². The lowest BCUT2D eigenvalue weighted by Gasteiger charge is -2.39. The van der Waals surface area contributed by atoms with Gasteiger partial charge in [-0.15, -0.1) is 0 Å². The van der Waals surface area contributed by atoms with Crippen LogP contribution in [0.4, 0.5) is 5.69 Å². The number of nitrogens with two attached hydrogens (primary N) is 1. The van der Waals surface area contributed by atoms with E-state index in [1.165, 1.54) is 6.92 Å². The van der Waals surface area contributed by atoms with Crippen LogP contribution in [0.15, 0.2) is 24.3 Å². The SMILES string of the molecule is CC1(C(=O)N2CCC(C(N)=O)CC2)Oc2ccccc2NC1=O. The molecule has 2 aliphatic rings. The fraction of sp³-hybridized carbons (Fsp3) is 0.438. The maximum absolute atomic E-state index is 12.8. The smallest absolute Gasteiger partial charge is 0.278 e. The Labute approximate surface area is 133 Å². The third-order valence-corrected chi connectivity index (χ3v) is 4.48. The topological polar surface area (TPSA) is 102 Å². The zero-order chi connectivity index (χ0) is 16.6. The van der Waals surface area contributed by atoms with Crippen molar-refractivity contribution >= 4 is 23.4 Å². The summed E-state index contributed by atoms with van der Waals surface area (Å²) in [5.74, 6) is -0.974. The van der Waals surface area contributed by atoms with Gasteiger partial charge < -0.3 is 20.7 Å². The molecule has 122 valence electrons. The lowest BCUT2D eigenvalue weighted by atomic mass is 9.93. The number of hydrogen-bond donors (Lipinski definition) is 2. The average Bonchev–Trinajstić information content (AvgIpc) is 2.55. The number of fused-ring (bicyclic) bond motifs is 1. The van der Waals surface area contributed by atoms with Gasteiger partial charge in [0.1, 0.15) is 5.75 Å². The van der Waals surface area contributed by atoms with Crippen molar-refractivity contribution in [1.82, 2.24) is 4.90 Å². The normalized spacial score (nSPS) is 24.4. The number of likely N-dealkylation sites (tertiary alicyclic amines) is 1. The van der Waals surface area contributed by atoms with Crippen LogP contribution in [0.25, 0.3) is 0 Å². The quantitative estimate of drug-likeness (QED) is 0.775. The second kappa shape index (κ2) is 5.57. The maximum Gasteiger partial charge on any atom is 0.278 e. The highest BCUT2D eigenvalue weighted by Crippen LogP contribution is 2.34. The molecule has 3 amide bonds. The Kier molecular flexibility index (Phi) is 3.71. The van der Waals surface area contributed by atoms with Gasteiger partial charge in [0.05, 0.1) is 5.69 Å². The van der Waals surface area contributed by atoms with Crippen LogP contribution < -0.4 is 15.8 Å². The Balaban J connectivity index is 1.77. The highest BCUT2D eigenvalue weighted by Gasteiger charge is 2.49. The van der Waals surface area contributed by atoms with Gasteiger partial charge >= 0.3 is 0 Å². The van der Waals surface area contributed by atoms with E-state index in [0.29, 0.717) is 37.4 Å². The Morgan fingerprint density at radius 3 is 2.61 bits per heavy atom. The number of para-hydroxylation sites is 2. The number of piperidine rings is 1. The number of nitrogens with zero attached hydrogens (tertiary/aromatic N) is 1. The average molecular weight is 317 g/mol. The summed E-state index contributed by atoms with van der Waals surface area (Å²) in [4.78, 5) is 38.0. The van der Waals surface area contributed by atoms with Crippen molar-refractivity contribution in [2.45, 2.75) is 25.4 Å². The molecule has 1 atom stereocenters. The van der Waals surface area contributed by atoms with Crippen molar-refractivity contribution in [1.29, 1.82) is 0 Å². The van der Waals surface area contributed by atoms with E-state index in [1.807, 2.05) is 0 Å². The van der Waals surface area contributed by atoms with E-state index in [9.17, 15) is 14.4 Å². The van der Waals surface area contributed by atoms with Crippen molar-refractivity contribution in [3.8, 4) is 5.75 Å². The van der Waals surface area contributed by atoms with Crippen LogP contribution in [0.2, 0.25) is 0 Å². The Bertz CT molecular complexity index is 667. The molecule has 0 bridgehead atoms. The molecule has 3 rings (SSSR count). The van der Waals surface area contributed by atoms with E-state index >= 15 is 0 Å². The molecule has 1 unspecified atom stereocenters. The number of rotatable bonds is 2. The minimum absolute atomic E-state index is 0.214. The summed E-state index contributed by atoms with van der Waals surface area (Å²) in [5, 5.41) is 2.71. The summed E-state index contributed by atoms with van der Waals surface area (Å²) >= 11 is 0. The monoisotopic (exact) mass is 317 g/mol. The highest BCUT2D eigenvalue weighted by molar-refractivity contribution is 6.15. The molecular weight excluding hydrogens is 298 g/mol. The first-order valence-electron chi connectivity index (χ1n) is 7.60. The van der Waals surface area contributed by atoms with E-state index in [0.717, 1.165) is 0 Å². The molecular formula is C16H19N3O4. The lowest BCUT2D eigenvalue weighted by molar-refractivity contribution is -0.156. The molecule has 0 radical (unpaired) electrons. The van der Waals surface area contributed by atoms with Gasteiger partial charge in [-0.25, -0.2) is 0 Å². The van der Waals surface area contributed by atoms with Crippen molar-refractivity contribution in [2.75, 3.05) is 18.4 Å². The van der Waals surface area contributed by atoms with Crippen LogP contribution in [0, 0.1) is 5.92 Å². The van der Waals surface area contributed by atoms with E-state index < -0.39 is 17.4 Å². The molecule has 0 aliphatic carbocycles. The first kappa shape index (κ1) is 15.3. The number of carbonyl (C=O) groups is 3. The molecule has 1 aromatic rings. The standard InChI is InChI=1S/C16H19N3O4/c1-16(14(21)18-11-4-2-3-5-12(11)23-16)15(22)19-8-6-10(7-9-19)13(17)20/h2-5,10H,6-9H2,1H3,(H2,17,20)(H,18,21). The Hall–Kier alpha value is -2.57. The van der Waals surface area contributed by atoms with Crippen LogP contribution >= 0.6 is 0 Å². The fourth-order valence-corrected chi connectivity index (χ4v) is 2.98. The first-order valence-corrected chi connectivity index (χ1v) is 7.60. The van der Waals surface area contributed by atoms with Gasteiger partial charge in [-0.3, -0.25) is 14.4 Å². The minimum Gasteiger partial charge on any atom is -0.466 e. The number of hydrogen-bond acceptors (Lipinski definition) is 4. The van der Waals surface area contributed by atoms with Crippen LogP contribution in [0.3, 0.4) is 0 Å². The number of nitrogens with one attached hydrogen (secondary N) is 1. The third-order valence-electron chi connectivity index (χ3n) is 4.48. The van der Waals surface area contributed by atoms with Crippen molar-refractivity contribution in [3.63, 3.8) is 0 Å². The molecule has 1 aromatic carbocycles. The predicted octanol–water partition coefficient (Wildman–Crippen LogP) is 0.500. The zero-order valence-corrected chi connectivity index (χ0v) is 12.9. The molecule has 1 fully saturated rings. The lowest BCUT2D eigenvalue weighted by Crippen LogP contribution is -2.60. The van der Waals surface area contributed by atoms with E-state index in [1.54, 1.807) is 29.2 Å².